The van der Waals surface area contributed by atoms with Crippen LogP contribution in [0.2, 0.25) is 0 Å². The minimum atomic E-state index is -4.39. The lowest BCUT2D eigenvalue weighted by atomic mass is 10.1. The van der Waals surface area contributed by atoms with Crippen LogP contribution in [0.4, 0.5) is 17.6 Å². The van der Waals surface area contributed by atoms with Gasteiger partial charge in [0.1, 0.15) is 0 Å². The second-order valence-electron chi connectivity index (χ2n) is 5.95. The van der Waals surface area contributed by atoms with E-state index in [0.717, 1.165) is 12.1 Å². The maximum atomic E-state index is 13.3. The largest absolute Gasteiger partial charge is 0.505 e. The van der Waals surface area contributed by atoms with Gasteiger partial charge in [0.2, 0.25) is 0 Å². The molecule has 0 aliphatic heterocycles. The Bertz CT molecular complexity index is 959. The Kier molecular flexibility index (Phi) is 5.32. The predicted octanol–water partition coefficient (Wildman–Crippen LogP) is 6.09. The van der Waals surface area contributed by atoms with E-state index in [1.165, 1.54) is 35.6 Å². The van der Waals surface area contributed by atoms with E-state index in [9.17, 15) is 22.4 Å². The van der Waals surface area contributed by atoms with E-state index >= 15 is 0 Å². The number of rotatable bonds is 5. The summed E-state index contributed by atoms with van der Waals surface area (Å²) in [7, 11) is 0. The number of carbonyl (C=O) groups is 1. The zero-order chi connectivity index (χ0) is 19.6. The molecule has 0 amide bonds. The maximum Gasteiger partial charge on any atom is 0.416 e. The van der Waals surface area contributed by atoms with Crippen molar-refractivity contribution in [2.75, 3.05) is 0 Å². The fourth-order valence-electron chi connectivity index (χ4n) is 2.55. The molecule has 27 heavy (non-hydrogen) atoms. The van der Waals surface area contributed by atoms with Gasteiger partial charge in [-0.2, -0.15) is 13.2 Å². The molecule has 0 saturated carbocycles. The Labute approximate surface area is 156 Å². The van der Waals surface area contributed by atoms with Crippen LogP contribution in [0, 0.1) is 5.82 Å². The summed E-state index contributed by atoms with van der Waals surface area (Å²) in [6.45, 7) is 0. The highest BCUT2D eigenvalue weighted by Crippen LogP contribution is 2.33. The van der Waals surface area contributed by atoms with Crippen molar-refractivity contribution >= 4 is 17.1 Å². The first-order valence-electron chi connectivity index (χ1n) is 8.02. The summed E-state index contributed by atoms with van der Waals surface area (Å²) in [4.78, 5) is 13.5. The third-order valence-electron chi connectivity index (χ3n) is 4.03. The minimum Gasteiger partial charge on any atom is -0.505 e. The van der Waals surface area contributed by atoms with Gasteiger partial charge in [-0.05, 0) is 53.9 Å². The summed E-state index contributed by atoms with van der Waals surface area (Å²) in [6.07, 6.45) is -3.90. The Morgan fingerprint density at radius 3 is 2.33 bits per heavy atom. The fraction of sp³-hybridized carbons (Fsp3) is 0.150. The first-order chi connectivity index (χ1) is 12.7. The van der Waals surface area contributed by atoms with Crippen LogP contribution in [-0.4, -0.2) is 10.9 Å². The van der Waals surface area contributed by atoms with E-state index in [0.29, 0.717) is 27.3 Å². The molecule has 0 aliphatic carbocycles. The SMILES string of the molecule is O=C(CCc1ccc(O)c(F)c1)c1ccc(-c2ccc(C(F)(F)F)cc2)s1. The van der Waals surface area contributed by atoms with Gasteiger partial charge in [-0.3, -0.25) is 4.79 Å². The summed E-state index contributed by atoms with van der Waals surface area (Å²) < 4.78 is 51.2. The number of alkyl halides is 3. The van der Waals surface area contributed by atoms with Crippen LogP contribution < -0.4 is 0 Å². The van der Waals surface area contributed by atoms with Crippen LogP contribution in [0.25, 0.3) is 10.4 Å². The first kappa shape index (κ1) is 19.1. The quantitative estimate of drug-likeness (QED) is 0.420. The standard InChI is InChI=1S/C20H14F4O2S/c21-15-11-12(1-7-16(15)25)2-8-17(26)19-10-9-18(27-19)13-3-5-14(6-4-13)20(22,23)24/h1,3-7,9-11,25H,2,8H2. The monoisotopic (exact) mass is 394 g/mol. The molecular formula is C20H14F4O2S. The average molecular weight is 394 g/mol. The van der Waals surface area contributed by atoms with Gasteiger partial charge in [0.25, 0.3) is 0 Å². The summed E-state index contributed by atoms with van der Waals surface area (Å²) in [5.74, 6) is -1.31. The number of hydrogen-bond acceptors (Lipinski definition) is 3. The molecule has 0 aliphatic rings. The van der Waals surface area contributed by atoms with E-state index in [1.54, 1.807) is 18.2 Å². The van der Waals surface area contributed by atoms with Gasteiger partial charge >= 0.3 is 6.18 Å². The number of carbonyl (C=O) groups excluding carboxylic acids is 1. The molecule has 2 nitrogen and oxygen atoms in total. The third-order valence-corrected chi connectivity index (χ3v) is 5.21. The van der Waals surface area contributed by atoms with Crippen LogP contribution >= 0.6 is 11.3 Å². The van der Waals surface area contributed by atoms with Crippen molar-refractivity contribution in [1.29, 1.82) is 0 Å². The number of aryl methyl sites for hydroxylation is 1. The molecule has 1 N–H and O–H groups in total. The number of Topliss-reactive ketones (excluding diaryl/α,β-unsaturated/α-hetero) is 1. The number of thiophene rings is 1. The summed E-state index contributed by atoms with van der Waals surface area (Å²) in [5, 5.41) is 9.17. The molecular weight excluding hydrogens is 380 g/mol. The molecule has 1 heterocycles. The van der Waals surface area contributed by atoms with Gasteiger partial charge in [-0.25, -0.2) is 4.39 Å². The zero-order valence-corrected chi connectivity index (χ0v) is 14.7. The van der Waals surface area contributed by atoms with Crippen molar-refractivity contribution in [3.63, 3.8) is 0 Å². The van der Waals surface area contributed by atoms with E-state index in [1.807, 2.05) is 0 Å². The molecule has 2 aromatic carbocycles. The first-order valence-corrected chi connectivity index (χ1v) is 8.84. The van der Waals surface area contributed by atoms with Crippen LogP contribution in [0.15, 0.2) is 54.6 Å². The molecule has 0 unspecified atom stereocenters. The fourth-order valence-corrected chi connectivity index (χ4v) is 3.53. The van der Waals surface area contributed by atoms with Crippen molar-refractivity contribution in [3.05, 3.63) is 76.4 Å². The molecule has 0 radical (unpaired) electrons. The summed E-state index contributed by atoms with van der Waals surface area (Å²) >= 11 is 1.20. The second kappa shape index (κ2) is 7.52. The molecule has 0 fully saturated rings. The van der Waals surface area contributed by atoms with Gasteiger partial charge < -0.3 is 5.11 Å². The highest BCUT2D eigenvalue weighted by atomic mass is 32.1. The Morgan fingerprint density at radius 2 is 1.70 bits per heavy atom. The molecule has 3 rings (SSSR count). The van der Waals surface area contributed by atoms with Crippen molar-refractivity contribution in [1.82, 2.24) is 0 Å². The van der Waals surface area contributed by atoms with E-state index in [-0.39, 0.29) is 12.2 Å². The molecule has 3 aromatic rings. The van der Waals surface area contributed by atoms with E-state index in [4.69, 9.17) is 5.11 Å². The molecule has 7 heteroatoms. The van der Waals surface area contributed by atoms with Crippen molar-refractivity contribution < 1.29 is 27.5 Å². The normalized spacial score (nSPS) is 11.6. The third kappa shape index (κ3) is 4.54. The topological polar surface area (TPSA) is 37.3 Å². The average Bonchev–Trinajstić information content (AvgIpc) is 3.12. The van der Waals surface area contributed by atoms with Gasteiger partial charge in [0.15, 0.2) is 17.3 Å². The zero-order valence-electron chi connectivity index (χ0n) is 13.9. The number of benzene rings is 2. The van der Waals surface area contributed by atoms with Crippen molar-refractivity contribution in [2.24, 2.45) is 0 Å². The number of aromatic hydroxyl groups is 1. The molecule has 1 aromatic heterocycles. The Balaban J connectivity index is 1.67. The van der Waals surface area contributed by atoms with Crippen molar-refractivity contribution in [3.8, 4) is 16.2 Å². The van der Waals surface area contributed by atoms with Crippen LogP contribution in [0.3, 0.4) is 0 Å². The number of ketones is 1. The predicted molar refractivity (Wildman–Crippen MR) is 95.5 cm³/mol. The second-order valence-corrected chi connectivity index (χ2v) is 7.03. The van der Waals surface area contributed by atoms with Crippen LogP contribution in [0.1, 0.15) is 27.2 Å². The van der Waals surface area contributed by atoms with E-state index < -0.39 is 23.3 Å². The number of halogens is 4. The molecule has 140 valence electrons. The molecule has 0 atom stereocenters. The van der Waals surface area contributed by atoms with Gasteiger partial charge in [-0.15, -0.1) is 11.3 Å². The molecule has 0 bridgehead atoms. The summed E-state index contributed by atoms with van der Waals surface area (Å²) in [5.41, 5.74) is 0.478. The van der Waals surface area contributed by atoms with Gasteiger partial charge in [0.05, 0.1) is 10.4 Å². The lowest BCUT2D eigenvalue weighted by Gasteiger charge is -2.06. The minimum absolute atomic E-state index is 0.133. The lowest BCUT2D eigenvalue weighted by molar-refractivity contribution is -0.137. The smallest absolute Gasteiger partial charge is 0.416 e. The summed E-state index contributed by atoms with van der Waals surface area (Å²) in [6, 6.07) is 12.1. The molecule has 0 spiro atoms. The van der Waals surface area contributed by atoms with Gasteiger partial charge in [0, 0.05) is 11.3 Å². The number of phenols is 1. The Morgan fingerprint density at radius 1 is 1.00 bits per heavy atom. The number of hydrogen-bond donors (Lipinski definition) is 1. The number of phenolic OH excluding ortho intramolecular Hbond substituents is 1. The van der Waals surface area contributed by atoms with Crippen LogP contribution in [-0.2, 0) is 12.6 Å². The maximum absolute atomic E-state index is 13.3. The highest BCUT2D eigenvalue weighted by molar-refractivity contribution is 7.17. The Hall–Kier alpha value is -2.67. The molecule has 0 saturated heterocycles. The van der Waals surface area contributed by atoms with Crippen LogP contribution in [0.5, 0.6) is 5.75 Å². The lowest BCUT2D eigenvalue weighted by Crippen LogP contribution is -2.03. The van der Waals surface area contributed by atoms with E-state index in [2.05, 4.69) is 0 Å². The van der Waals surface area contributed by atoms with Gasteiger partial charge in [-0.1, -0.05) is 18.2 Å². The van der Waals surface area contributed by atoms with Crippen molar-refractivity contribution in [2.45, 2.75) is 19.0 Å². The highest BCUT2D eigenvalue weighted by Gasteiger charge is 2.30.